The normalized spacial score (nSPS) is 19.9. The second-order valence-corrected chi connectivity index (χ2v) is 7.48. The van der Waals surface area contributed by atoms with Crippen molar-refractivity contribution >= 4 is 17.2 Å². The van der Waals surface area contributed by atoms with Crippen LogP contribution in [0.5, 0.6) is 0 Å². The minimum Gasteiger partial charge on any atom is -0.341 e. The molecule has 0 radical (unpaired) electrons. The van der Waals surface area contributed by atoms with Crippen molar-refractivity contribution < 1.29 is 0 Å². The second kappa shape index (κ2) is 5.87. The summed E-state index contributed by atoms with van der Waals surface area (Å²) in [6, 6.07) is 0.723. The third-order valence-corrected chi connectivity index (χ3v) is 5.99. The average molecular weight is 353 g/mol. The van der Waals surface area contributed by atoms with Gasteiger partial charge < -0.3 is 4.90 Å². The first-order valence-corrected chi connectivity index (χ1v) is 9.69. The van der Waals surface area contributed by atoms with Gasteiger partial charge in [-0.3, -0.25) is 9.55 Å². The van der Waals surface area contributed by atoms with E-state index >= 15 is 0 Å². The van der Waals surface area contributed by atoms with Gasteiger partial charge in [0.15, 0.2) is 17.5 Å². The zero-order chi connectivity index (χ0) is 16.8. The molecule has 1 aliphatic heterocycles. The summed E-state index contributed by atoms with van der Waals surface area (Å²) in [5.74, 6) is 2.75. The lowest BCUT2D eigenvalue weighted by Crippen LogP contribution is -2.42. The molecule has 1 aliphatic carbocycles. The predicted octanol–water partition coefficient (Wildman–Crippen LogP) is 3.39. The molecule has 0 spiro atoms. The van der Waals surface area contributed by atoms with Crippen LogP contribution in [0.2, 0.25) is 0 Å². The SMILES string of the molecule is CCC1c2nncn2-c2cnc(-c3cncs3)nc2N1C1CCCC1. The van der Waals surface area contributed by atoms with E-state index in [0.717, 1.165) is 34.5 Å². The molecule has 25 heavy (non-hydrogen) atoms. The Morgan fingerprint density at radius 1 is 1.24 bits per heavy atom. The predicted molar refractivity (Wildman–Crippen MR) is 95.8 cm³/mol. The van der Waals surface area contributed by atoms with Gasteiger partial charge in [-0.05, 0) is 19.3 Å². The summed E-state index contributed by atoms with van der Waals surface area (Å²) < 4.78 is 2.05. The molecule has 1 fully saturated rings. The third kappa shape index (κ3) is 2.27. The summed E-state index contributed by atoms with van der Waals surface area (Å²) in [5.41, 5.74) is 2.80. The minimum atomic E-state index is 0.210. The fraction of sp³-hybridized carbons (Fsp3) is 0.471. The van der Waals surface area contributed by atoms with Gasteiger partial charge in [0.2, 0.25) is 0 Å². The van der Waals surface area contributed by atoms with Crippen LogP contribution in [0.25, 0.3) is 16.4 Å². The van der Waals surface area contributed by atoms with Crippen molar-refractivity contribution in [2.45, 2.75) is 51.1 Å². The quantitative estimate of drug-likeness (QED) is 0.718. The van der Waals surface area contributed by atoms with Crippen LogP contribution in [0.4, 0.5) is 5.82 Å². The van der Waals surface area contributed by atoms with E-state index in [4.69, 9.17) is 4.98 Å². The molecule has 1 unspecified atom stereocenters. The second-order valence-electron chi connectivity index (χ2n) is 6.60. The summed E-state index contributed by atoms with van der Waals surface area (Å²) in [6.45, 7) is 2.21. The molecular weight excluding hydrogens is 334 g/mol. The molecule has 4 heterocycles. The molecule has 1 atom stereocenters. The summed E-state index contributed by atoms with van der Waals surface area (Å²) >= 11 is 1.57. The van der Waals surface area contributed by atoms with Crippen LogP contribution in [0.1, 0.15) is 50.9 Å². The van der Waals surface area contributed by atoms with E-state index in [-0.39, 0.29) is 6.04 Å². The number of hydrogen-bond acceptors (Lipinski definition) is 7. The van der Waals surface area contributed by atoms with Gasteiger partial charge in [-0.15, -0.1) is 21.5 Å². The van der Waals surface area contributed by atoms with Crippen LogP contribution in [0, 0.1) is 0 Å². The maximum absolute atomic E-state index is 4.97. The number of fused-ring (bicyclic) bond motifs is 3. The molecule has 0 aromatic carbocycles. The van der Waals surface area contributed by atoms with Crippen LogP contribution in [0.15, 0.2) is 24.2 Å². The maximum atomic E-state index is 4.97. The third-order valence-electron chi connectivity index (χ3n) is 5.22. The first kappa shape index (κ1) is 14.9. The number of anilines is 1. The summed E-state index contributed by atoms with van der Waals surface area (Å²) in [6.07, 6.45) is 11.5. The smallest absolute Gasteiger partial charge is 0.173 e. The van der Waals surface area contributed by atoms with Crippen LogP contribution in [0.3, 0.4) is 0 Å². The number of nitrogens with zero attached hydrogens (tertiary/aromatic N) is 7. The lowest BCUT2D eigenvalue weighted by atomic mass is 10.0. The molecule has 128 valence electrons. The van der Waals surface area contributed by atoms with Crippen LogP contribution >= 0.6 is 11.3 Å². The highest BCUT2D eigenvalue weighted by Gasteiger charge is 2.38. The van der Waals surface area contributed by atoms with Crippen LogP contribution in [-0.2, 0) is 0 Å². The Morgan fingerprint density at radius 2 is 2.12 bits per heavy atom. The molecule has 3 aromatic rings. The van der Waals surface area contributed by atoms with Gasteiger partial charge in [-0.1, -0.05) is 19.8 Å². The van der Waals surface area contributed by atoms with E-state index in [0.29, 0.717) is 6.04 Å². The van der Waals surface area contributed by atoms with E-state index in [1.165, 1.54) is 25.7 Å². The first-order chi connectivity index (χ1) is 12.4. The van der Waals surface area contributed by atoms with E-state index in [1.807, 2.05) is 22.5 Å². The summed E-state index contributed by atoms with van der Waals surface area (Å²) in [4.78, 5) is 17.2. The highest BCUT2D eigenvalue weighted by atomic mass is 32.1. The zero-order valence-electron chi connectivity index (χ0n) is 14.0. The van der Waals surface area contributed by atoms with Crippen LogP contribution in [-0.4, -0.2) is 35.8 Å². The van der Waals surface area contributed by atoms with Crippen molar-refractivity contribution in [3.05, 3.63) is 30.1 Å². The highest BCUT2D eigenvalue weighted by molar-refractivity contribution is 7.13. The van der Waals surface area contributed by atoms with Gasteiger partial charge in [-0.2, -0.15) is 0 Å². The molecule has 0 saturated heterocycles. The van der Waals surface area contributed by atoms with Gasteiger partial charge in [0.1, 0.15) is 12.0 Å². The average Bonchev–Trinajstić information content (AvgIpc) is 3.42. The first-order valence-electron chi connectivity index (χ1n) is 8.81. The Morgan fingerprint density at radius 3 is 2.88 bits per heavy atom. The van der Waals surface area contributed by atoms with E-state index in [9.17, 15) is 0 Å². The van der Waals surface area contributed by atoms with Gasteiger partial charge in [-0.25, -0.2) is 9.97 Å². The molecule has 8 heteroatoms. The van der Waals surface area contributed by atoms with Crippen molar-refractivity contribution in [3.8, 4) is 16.4 Å². The topological polar surface area (TPSA) is 72.6 Å². The minimum absolute atomic E-state index is 0.210. The maximum Gasteiger partial charge on any atom is 0.173 e. The Balaban J connectivity index is 1.70. The monoisotopic (exact) mass is 353 g/mol. The number of hydrogen-bond donors (Lipinski definition) is 0. The molecule has 5 rings (SSSR count). The van der Waals surface area contributed by atoms with Crippen molar-refractivity contribution in [3.63, 3.8) is 0 Å². The Kier molecular flexibility index (Phi) is 3.51. The number of rotatable bonds is 3. The molecule has 3 aromatic heterocycles. The van der Waals surface area contributed by atoms with E-state index < -0.39 is 0 Å². The lowest BCUT2D eigenvalue weighted by Gasteiger charge is -2.40. The fourth-order valence-corrected chi connectivity index (χ4v) is 4.65. The Bertz CT molecular complexity index is 882. The standard InChI is InChI=1S/C17H19N7S/c1-2-12-17-22-20-9-23(17)13-7-19-15(14-8-18-10-25-14)21-16(13)24(12)11-5-3-4-6-11/h7-12H,2-6H2,1H3. The molecule has 1 saturated carbocycles. The van der Waals surface area contributed by atoms with Gasteiger partial charge in [0.05, 0.1) is 22.6 Å². The number of aromatic nitrogens is 6. The number of thiazole rings is 1. The van der Waals surface area contributed by atoms with Crippen molar-refractivity contribution in [2.24, 2.45) is 0 Å². The van der Waals surface area contributed by atoms with Gasteiger partial charge >= 0.3 is 0 Å². The van der Waals surface area contributed by atoms with E-state index in [2.05, 4.69) is 32.0 Å². The van der Waals surface area contributed by atoms with E-state index in [1.54, 1.807) is 17.7 Å². The molecule has 7 nitrogen and oxygen atoms in total. The van der Waals surface area contributed by atoms with Crippen molar-refractivity contribution in [1.82, 2.24) is 29.7 Å². The largest absolute Gasteiger partial charge is 0.341 e. The lowest BCUT2D eigenvalue weighted by molar-refractivity contribution is 0.469. The summed E-state index contributed by atoms with van der Waals surface area (Å²) in [5, 5.41) is 8.57. The molecule has 0 bridgehead atoms. The van der Waals surface area contributed by atoms with Gasteiger partial charge in [0.25, 0.3) is 0 Å². The Hall–Kier alpha value is -2.35. The summed E-state index contributed by atoms with van der Waals surface area (Å²) in [7, 11) is 0. The molecule has 0 N–H and O–H groups in total. The molecular formula is C17H19N7S. The Labute approximate surface area is 149 Å². The van der Waals surface area contributed by atoms with Gasteiger partial charge in [0, 0.05) is 12.2 Å². The fourth-order valence-electron chi connectivity index (χ4n) is 4.09. The van der Waals surface area contributed by atoms with Crippen LogP contribution < -0.4 is 4.90 Å². The van der Waals surface area contributed by atoms with Crippen molar-refractivity contribution in [1.29, 1.82) is 0 Å². The highest BCUT2D eigenvalue weighted by Crippen LogP contribution is 2.43. The molecule has 0 amide bonds. The van der Waals surface area contributed by atoms with Crippen molar-refractivity contribution in [2.75, 3.05) is 4.90 Å². The molecule has 2 aliphatic rings. The zero-order valence-corrected chi connectivity index (χ0v) is 14.9.